The first-order valence-electron chi connectivity index (χ1n) is 8.71. The van der Waals surface area contributed by atoms with Gasteiger partial charge in [-0.15, -0.1) is 0 Å². The second-order valence-corrected chi connectivity index (χ2v) is 6.13. The first-order chi connectivity index (χ1) is 13.5. The standard InChI is InChI=1S/C21H21N3O4/c1-14(21(26)22-16-11-17(27-2)13-18(12-16)28-3)24-20(25)10-9-19(23-24)15-7-5-4-6-8-15/h4-14H,1-3H3,(H,22,26)/t14-/m1/s1. The Morgan fingerprint density at radius 1 is 1.00 bits per heavy atom. The topological polar surface area (TPSA) is 82.5 Å². The van der Waals surface area contributed by atoms with Crippen molar-refractivity contribution >= 4 is 11.6 Å². The first kappa shape index (κ1) is 19.2. The zero-order chi connectivity index (χ0) is 20.1. The summed E-state index contributed by atoms with van der Waals surface area (Å²) in [6.07, 6.45) is 0. The summed E-state index contributed by atoms with van der Waals surface area (Å²) in [4.78, 5) is 25.0. The van der Waals surface area contributed by atoms with E-state index >= 15 is 0 Å². The van der Waals surface area contributed by atoms with Crippen LogP contribution in [0.25, 0.3) is 11.3 Å². The molecule has 144 valence electrons. The lowest BCUT2D eigenvalue weighted by Gasteiger charge is -2.16. The van der Waals surface area contributed by atoms with E-state index in [1.807, 2.05) is 30.3 Å². The summed E-state index contributed by atoms with van der Waals surface area (Å²) in [6, 6.07) is 16.7. The Bertz CT molecular complexity index is 1010. The average molecular weight is 379 g/mol. The summed E-state index contributed by atoms with van der Waals surface area (Å²) >= 11 is 0. The van der Waals surface area contributed by atoms with Gasteiger partial charge in [0, 0.05) is 35.5 Å². The molecule has 0 aliphatic carbocycles. The molecule has 1 amide bonds. The number of carbonyl (C=O) groups excluding carboxylic acids is 1. The number of anilines is 1. The van der Waals surface area contributed by atoms with Crippen molar-refractivity contribution in [2.75, 3.05) is 19.5 Å². The second kappa shape index (κ2) is 8.39. The van der Waals surface area contributed by atoms with Gasteiger partial charge in [0.25, 0.3) is 5.56 Å². The number of methoxy groups -OCH3 is 2. The first-order valence-corrected chi connectivity index (χ1v) is 8.71. The Kier molecular flexibility index (Phi) is 5.74. The number of ether oxygens (including phenoxy) is 2. The molecule has 3 rings (SSSR count). The van der Waals surface area contributed by atoms with Gasteiger partial charge in [0.15, 0.2) is 0 Å². The fourth-order valence-electron chi connectivity index (χ4n) is 2.70. The predicted octanol–water partition coefficient (Wildman–Crippen LogP) is 3.13. The molecule has 0 aliphatic heterocycles. The number of nitrogens with one attached hydrogen (secondary N) is 1. The third kappa shape index (κ3) is 4.20. The highest BCUT2D eigenvalue weighted by Gasteiger charge is 2.19. The second-order valence-electron chi connectivity index (χ2n) is 6.13. The van der Waals surface area contributed by atoms with Gasteiger partial charge >= 0.3 is 0 Å². The van der Waals surface area contributed by atoms with Crippen molar-refractivity contribution in [1.29, 1.82) is 0 Å². The molecule has 7 heteroatoms. The van der Waals surface area contributed by atoms with Crippen molar-refractivity contribution in [2.45, 2.75) is 13.0 Å². The van der Waals surface area contributed by atoms with Gasteiger partial charge in [-0.25, -0.2) is 4.68 Å². The van der Waals surface area contributed by atoms with Gasteiger partial charge in [-0.2, -0.15) is 5.10 Å². The minimum Gasteiger partial charge on any atom is -0.497 e. The molecule has 1 atom stereocenters. The van der Waals surface area contributed by atoms with Crippen molar-refractivity contribution in [3.63, 3.8) is 0 Å². The maximum Gasteiger partial charge on any atom is 0.267 e. The van der Waals surface area contributed by atoms with Crippen molar-refractivity contribution in [2.24, 2.45) is 0 Å². The fraction of sp³-hybridized carbons (Fsp3) is 0.190. The van der Waals surface area contributed by atoms with Crippen LogP contribution in [0.1, 0.15) is 13.0 Å². The van der Waals surface area contributed by atoms with Crippen LogP contribution in [0.15, 0.2) is 65.5 Å². The monoisotopic (exact) mass is 379 g/mol. The Hall–Kier alpha value is -3.61. The van der Waals surface area contributed by atoms with Gasteiger partial charge in [-0.05, 0) is 13.0 Å². The van der Waals surface area contributed by atoms with E-state index in [9.17, 15) is 9.59 Å². The molecule has 0 radical (unpaired) electrons. The van der Waals surface area contributed by atoms with Crippen LogP contribution in [0, 0.1) is 0 Å². The summed E-state index contributed by atoms with van der Waals surface area (Å²) in [5, 5.41) is 7.14. The van der Waals surface area contributed by atoms with Crippen LogP contribution in [-0.2, 0) is 4.79 Å². The molecule has 0 bridgehead atoms. The number of rotatable bonds is 6. The predicted molar refractivity (Wildman–Crippen MR) is 107 cm³/mol. The minimum absolute atomic E-state index is 0.356. The van der Waals surface area contributed by atoms with Crippen LogP contribution in [0.2, 0.25) is 0 Å². The summed E-state index contributed by atoms with van der Waals surface area (Å²) in [7, 11) is 3.06. The van der Waals surface area contributed by atoms with Gasteiger partial charge in [0.2, 0.25) is 5.91 Å². The minimum atomic E-state index is -0.812. The number of hydrogen-bond donors (Lipinski definition) is 1. The van der Waals surface area contributed by atoms with E-state index in [1.165, 1.54) is 25.0 Å². The highest BCUT2D eigenvalue weighted by molar-refractivity contribution is 5.93. The molecule has 28 heavy (non-hydrogen) atoms. The summed E-state index contributed by atoms with van der Waals surface area (Å²) in [6.45, 7) is 1.62. The number of carbonyl (C=O) groups is 1. The van der Waals surface area contributed by atoms with Crippen LogP contribution >= 0.6 is 0 Å². The van der Waals surface area contributed by atoms with Crippen LogP contribution < -0.4 is 20.3 Å². The third-order valence-electron chi connectivity index (χ3n) is 4.26. The quantitative estimate of drug-likeness (QED) is 0.712. The number of hydrogen-bond acceptors (Lipinski definition) is 5. The molecule has 2 aromatic carbocycles. The highest BCUT2D eigenvalue weighted by atomic mass is 16.5. The van der Waals surface area contributed by atoms with Crippen LogP contribution in [0.5, 0.6) is 11.5 Å². The molecular weight excluding hydrogens is 358 g/mol. The van der Waals surface area contributed by atoms with Gasteiger partial charge in [0.1, 0.15) is 17.5 Å². The summed E-state index contributed by atoms with van der Waals surface area (Å²) in [5.41, 5.74) is 1.62. The van der Waals surface area contributed by atoms with E-state index in [1.54, 1.807) is 31.2 Å². The lowest BCUT2D eigenvalue weighted by molar-refractivity contribution is -0.119. The van der Waals surface area contributed by atoms with E-state index < -0.39 is 6.04 Å². The fourth-order valence-corrected chi connectivity index (χ4v) is 2.70. The van der Waals surface area contributed by atoms with Crippen LogP contribution in [0.4, 0.5) is 5.69 Å². The van der Waals surface area contributed by atoms with Crippen molar-refractivity contribution in [3.8, 4) is 22.8 Å². The van der Waals surface area contributed by atoms with Crippen LogP contribution in [-0.4, -0.2) is 29.9 Å². The molecule has 7 nitrogen and oxygen atoms in total. The van der Waals surface area contributed by atoms with Crippen molar-refractivity contribution in [3.05, 3.63) is 71.0 Å². The zero-order valence-corrected chi connectivity index (χ0v) is 15.9. The number of aromatic nitrogens is 2. The third-order valence-corrected chi connectivity index (χ3v) is 4.26. The smallest absolute Gasteiger partial charge is 0.267 e. The lowest BCUT2D eigenvalue weighted by Crippen LogP contribution is -2.33. The molecule has 0 fully saturated rings. The number of amides is 1. The van der Waals surface area contributed by atoms with Gasteiger partial charge in [-0.1, -0.05) is 30.3 Å². The molecule has 1 aromatic heterocycles. The van der Waals surface area contributed by atoms with E-state index in [0.717, 1.165) is 5.56 Å². The normalized spacial score (nSPS) is 11.5. The maximum atomic E-state index is 12.7. The summed E-state index contributed by atoms with van der Waals surface area (Å²) < 4.78 is 11.6. The van der Waals surface area contributed by atoms with E-state index in [-0.39, 0.29) is 11.5 Å². The van der Waals surface area contributed by atoms with Gasteiger partial charge in [-0.3, -0.25) is 9.59 Å². The van der Waals surface area contributed by atoms with Crippen molar-refractivity contribution in [1.82, 2.24) is 9.78 Å². The molecule has 3 aromatic rings. The number of nitrogens with zero attached hydrogens (tertiary/aromatic N) is 2. The Morgan fingerprint density at radius 2 is 1.64 bits per heavy atom. The molecule has 0 spiro atoms. The average Bonchev–Trinajstić information content (AvgIpc) is 2.73. The number of benzene rings is 2. The lowest BCUT2D eigenvalue weighted by atomic mass is 10.1. The molecule has 0 aliphatic rings. The van der Waals surface area contributed by atoms with Crippen molar-refractivity contribution < 1.29 is 14.3 Å². The van der Waals surface area contributed by atoms with Crippen LogP contribution in [0.3, 0.4) is 0 Å². The molecule has 0 saturated heterocycles. The highest BCUT2D eigenvalue weighted by Crippen LogP contribution is 2.26. The van der Waals surface area contributed by atoms with Gasteiger partial charge in [0.05, 0.1) is 19.9 Å². The van der Waals surface area contributed by atoms with E-state index in [2.05, 4.69) is 10.4 Å². The Balaban J connectivity index is 1.87. The maximum absolute atomic E-state index is 12.7. The van der Waals surface area contributed by atoms with E-state index in [0.29, 0.717) is 22.9 Å². The Morgan fingerprint density at radius 3 is 2.25 bits per heavy atom. The Labute approximate surface area is 162 Å². The van der Waals surface area contributed by atoms with Gasteiger partial charge < -0.3 is 14.8 Å². The SMILES string of the molecule is COc1cc(NC(=O)[C@@H](C)n2nc(-c3ccccc3)ccc2=O)cc(OC)c1. The van der Waals surface area contributed by atoms with E-state index in [4.69, 9.17) is 9.47 Å². The molecule has 0 saturated carbocycles. The zero-order valence-electron chi connectivity index (χ0n) is 15.9. The molecule has 1 N–H and O–H groups in total. The largest absolute Gasteiger partial charge is 0.497 e. The summed E-state index contributed by atoms with van der Waals surface area (Å²) in [5.74, 6) is 0.711. The molecular formula is C21H21N3O4. The molecule has 1 heterocycles. The molecule has 0 unspecified atom stereocenters.